The molecular formula is C20H23FN4O. The van der Waals surface area contributed by atoms with Crippen molar-refractivity contribution in [3.05, 3.63) is 53.2 Å². The van der Waals surface area contributed by atoms with Crippen LogP contribution in [0.25, 0.3) is 10.9 Å². The predicted molar refractivity (Wildman–Crippen MR) is 98.8 cm³/mol. The maximum absolute atomic E-state index is 13.6. The van der Waals surface area contributed by atoms with E-state index in [-0.39, 0.29) is 5.82 Å². The molecule has 3 aromatic rings. The number of hydrogen-bond donors (Lipinski definition) is 1. The van der Waals surface area contributed by atoms with Crippen LogP contribution >= 0.6 is 0 Å². The zero-order valence-corrected chi connectivity index (χ0v) is 15.1. The summed E-state index contributed by atoms with van der Waals surface area (Å²) in [5, 5.41) is 1.02. The SMILES string of the molecule is COc1ncc(CN2CCC(c3c[nH]c4ccc(F)cc34)CC2)c(C)n1. The van der Waals surface area contributed by atoms with Crippen LogP contribution in [0.15, 0.2) is 30.6 Å². The van der Waals surface area contributed by atoms with Crippen molar-refractivity contribution in [3.8, 4) is 6.01 Å². The van der Waals surface area contributed by atoms with Gasteiger partial charge < -0.3 is 9.72 Å². The fraction of sp³-hybridized carbons (Fsp3) is 0.400. The molecule has 1 N–H and O–H groups in total. The second kappa shape index (κ2) is 7.03. The summed E-state index contributed by atoms with van der Waals surface area (Å²) in [6, 6.07) is 5.38. The number of rotatable bonds is 4. The Morgan fingerprint density at radius 2 is 2.12 bits per heavy atom. The molecule has 0 radical (unpaired) electrons. The summed E-state index contributed by atoms with van der Waals surface area (Å²) in [5.41, 5.74) is 4.35. The molecule has 4 rings (SSSR count). The number of aromatic nitrogens is 3. The smallest absolute Gasteiger partial charge is 0.316 e. The Bertz CT molecular complexity index is 915. The van der Waals surface area contributed by atoms with Gasteiger partial charge in [0.2, 0.25) is 0 Å². The van der Waals surface area contributed by atoms with Crippen molar-refractivity contribution in [2.24, 2.45) is 0 Å². The highest BCUT2D eigenvalue weighted by atomic mass is 19.1. The number of fused-ring (bicyclic) bond motifs is 1. The molecule has 1 saturated heterocycles. The maximum Gasteiger partial charge on any atom is 0.316 e. The number of ether oxygens (including phenoxy) is 1. The number of halogens is 1. The quantitative estimate of drug-likeness (QED) is 0.774. The molecule has 3 heterocycles. The molecule has 1 fully saturated rings. The van der Waals surface area contributed by atoms with E-state index >= 15 is 0 Å². The van der Waals surface area contributed by atoms with Crippen LogP contribution < -0.4 is 4.74 Å². The lowest BCUT2D eigenvalue weighted by atomic mass is 9.89. The van der Waals surface area contributed by atoms with Gasteiger partial charge in [-0.15, -0.1) is 0 Å². The first-order valence-electron chi connectivity index (χ1n) is 8.99. The van der Waals surface area contributed by atoms with Gasteiger partial charge in [0.15, 0.2) is 0 Å². The zero-order chi connectivity index (χ0) is 18.1. The van der Waals surface area contributed by atoms with Gasteiger partial charge in [-0.1, -0.05) is 0 Å². The van der Waals surface area contributed by atoms with E-state index in [1.807, 2.05) is 25.4 Å². The molecule has 1 aliphatic rings. The van der Waals surface area contributed by atoms with Gasteiger partial charge >= 0.3 is 6.01 Å². The standard InChI is InChI=1S/C20H23FN4O/c1-13-15(10-23-20(24-13)26-2)12-25-7-5-14(6-8-25)18-11-22-19-4-3-16(21)9-17(18)19/h3-4,9-11,14,22H,5-8,12H2,1-2H3. The third kappa shape index (κ3) is 3.29. The molecular weight excluding hydrogens is 331 g/mol. The van der Waals surface area contributed by atoms with Gasteiger partial charge in [0.1, 0.15) is 5.82 Å². The van der Waals surface area contributed by atoms with Crippen LogP contribution in [-0.2, 0) is 6.54 Å². The van der Waals surface area contributed by atoms with Crippen LogP contribution in [0, 0.1) is 12.7 Å². The van der Waals surface area contributed by atoms with Gasteiger partial charge in [0.05, 0.1) is 7.11 Å². The molecule has 0 spiro atoms. The van der Waals surface area contributed by atoms with Crippen molar-refractivity contribution in [2.75, 3.05) is 20.2 Å². The second-order valence-corrected chi connectivity index (χ2v) is 6.95. The van der Waals surface area contributed by atoms with Crippen molar-refractivity contribution >= 4 is 10.9 Å². The number of nitrogens with zero attached hydrogens (tertiary/aromatic N) is 3. The first-order chi connectivity index (χ1) is 12.6. The third-order valence-electron chi connectivity index (χ3n) is 5.34. The Hall–Kier alpha value is -2.47. The summed E-state index contributed by atoms with van der Waals surface area (Å²) in [6.07, 6.45) is 6.04. The van der Waals surface area contributed by atoms with Crippen molar-refractivity contribution in [1.29, 1.82) is 0 Å². The van der Waals surface area contributed by atoms with E-state index in [9.17, 15) is 4.39 Å². The molecule has 1 aromatic carbocycles. The average molecular weight is 354 g/mol. The van der Waals surface area contributed by atoms with Gasteiger partial charge in [0, 0.05) is 41.1 Å². The lowest BCUT2D eigenvalue weighted by Crippen LogP contribution is -2.32. The first kappa shape index (κ1) is 17.0. The highest BCUT2D eigenvalue weighted by Crippen LogP contribution is 2.33. The van der Waals surface area contributed by atoms with Crippen molar-refractivity contribution < 1.29 is 9.13 Å². The Labute approximate surface area is 152 Å². The van der Waals surface area contributed by atoms with E-state index in [0.717, 1.165) is 54.6 Å². The topological polar surface area (TPSA) is 54.0 Å². The number of aryl methyl sites for hydroxylation is 1. The fourth-order valence-electron chi connectivity index (χ4n) is 3.82. The summed E-state index contributed by atoms with van der Waals surface area (Å²) < 4.78 is 18.7. The molecule has 0 unspecified atom stereocenters. The molecule has 0 atom stereocenters. The minimum atomic E-state index is -0.175. The Balaban J connectivity index is 1.43. The molecule has 0 aliphatic carbocycles. The molecule has 0 saturated carbocycles. The van der Waals surface area contributed by atoms with Crippen LogP contribution in [0.2, 0.25) is 0 Å². The van der Waals surface area contributed by atoms with E-state index in [0.29, 0.717) is 11.9 Å². The van der Waals surface area contributed by atoms with Gasteiger partial charge in [0.25, 0.3) is 0 Å². The summed E-state index contributed by atoms with van der Waals surface area (Å²) in [6.45, 7) is 4.87. The third-order valence-corrected chi connectivity index (χ3v) is 5.34. The molecule has 26 heavy (non-hydrogen) atoms. The molecule has 6 heteroatoms. The molecule has 0 bridgehead atoms. The Morgan fingerprint density at radius 3 is 2.85 bits per heavy atom. The highest BCUT2D eigenvalue weighted by Gasteiger charge is 2.23. The lowest BCUT2D eigenvalue weighted by Gasteiger charge is -2.32. The molecule has 1 aliphatic heterocycles. The number of aromatic amines is 1. The lowest BCUT2D eigenvalue weighted by molar-refractivity contribution is 0.204. The number of hydrogen-bond acceptors (Lipinski definition) is 4. The van der Waals surface area contributed by atoms with E-state index in [1.165, 1.54) is 11.6 Å². The Morgan fingerprint density at radius 1 is 1.31 bits per heavy atom. The number of H-pyrrole nitrogens is 1. The van der Waals surface area contributed by atoms with Crippen LogP contribution in [0.1, 0.15) is 35.6 Å². The monoisotopic (exact) mass is 354 g/mol. The van der Waals surface area contributed by atoms with Crippen LogP contribution in [0.3, 0.4) is 0 Å². The largest absolute Gasteiger partial charge is 0.467 e. The normalized spacial score (nSPS) is 16.3. The van der Waals surface area contributed by atoms with Crippen molar-refractivity contribution in [3.63, 3.8) is 0 Å². The first-order valence-corrected chi connectivity index (χ1v) is 8.99. The van der Waals surface area contributed by atoms with Gasteiger partial charge in [-0.2, -0.15) is 0 Å². The van der Waals surface area contributed by atoms with Crippen molar-refractivity contribution in [2.45, 2.75) is 32.2 Å². The summed E-state index contributed by atoms with van der Waals surface area (Å²) >= 11 is 0. The minimum absolute atomic E-state index is 0.175. The second-order valence-electron chi connectivity index (χ2n) is 6.95. The number of benzene rings is 1. The minimum Gasteiger partial charge on any atom is -0.467 e. The zero-order valence-electron chi connectivity index (χ0n) is 15.1. The molecule has 2 aromatic heterocycles. The average Bonchev–Trinajstić information content (AvgIpc) is 3.07. The van der Waals surface area contributed by atoms with Crippen LogP contribution in [0.4, 0.5) is 4.39 Å². The summed E-state index contributed by atoms with van der Waals surface area (Å²) in [4.78, 5) is 14.3. The number of nitrogens with one attached hydrogen (secondary N) is 1. The number of methoxy groups -OCH3 is 1. The Kier molecular flexibility index (Phi) is 4.59. The van der Waals surface area contributed by atoms with E-state index in [2.05, 4.69) is 19.9 Å². The van der Waals surface area contributed by atoms with Gasteiger partial charge in [-0.3, -0.25) is 4.90 Å². The van der Waals surface area contributed by atoms with Crippen molar-refractivity contribution in [1.82, 2.24) is 19.9 Å². The summed E-state index contributed by atoms with van der Waals surface area (Å²) in [5.74, 6) is 0.292. The molecule has 5 nitrogen and oxygen atoms in total. The highest BCUT2D eigenvalue weighted by molar-refractivity contribution is 5.83. The number of likely N-dealkylation sites (tertiary alicyclic amines) is 1. The summed E-state index contributed by atoms with van der Waals surface area (Å²) in [7, 11) is 1.58. The van der Waals surface area contributed by atoms with Gasteiger partial charge in [-0.25, -0.2) is 14.4 Å². The predicted octanol–water partition coefficient (Wildman–Crippen LogP) is 3.79. The van der Waals surface area contributed by atoms with Crippen LogP contribution in [-0.4, -0.2) is 40.1 Å². The van der Waals surface area contributed by atoms with E-state index in [1.54, 1.807) is 13.2 Å². The van der Waals surface area contributed by atoms with E-state index in [4.69, 9.17) is 4.74 Å². The van der Waals surface area contributed by atoms with Gasteiger partial charge in [-0.05, 0) is 62.5 Å². The molecule has 0 amide bonds. The van der Waals surface area contributed by atoms with Crippen LogP contribution in [0.5, 0.6) is 6.01 Å². The van der Waals surface area contributed by atoms with E-state index < -0.39 is 0 Å². The maximum atomic E-state index is 13.6. The number of piperidine rings is 1. The molecule has 136 valence electrons. The fourth-order valence-corrected chi connectivity index (χ4v) is 3.82.